The first-order valence-electron chi connectivity index (χ1n) is 6.72. The molecule has 118 valence electrons. The maximum atomic E-state index is 13.0. The van der Waals surface area contributed by atoms with Crippen LogP contribution in [-0.2, 0) is 6.18 Å². The smallest absolute Gasteiger partial charge is 0.340 e. The van der Waals surface area contributed by atoms with Crippen LogP contribution in [0.25, 0.3) is 10.9 Å². The standard InChI is InChI=1S/C16H11ClF3N3/c1-9-6-7-10(8-12(9)17)21-14-11-4-2-3-5-13(11)22-15(23-14)16(18,19)20/h2-8H,1H3,(H,21,22,23). The monoisotopic (exact) mass is 337 g/mol. The predicted molar refractivity (Wildman–Crippen MR) is 84.0 cm³/mol. The molecule has 2 aromatic carbocycles. The minimum atomic E-state index is -4.62. The Morgan fingerprint density at radius 3 is 2.48 bits per heavy atom. The van der Waals surface area contributed by atoms with Gasteiger partial charge in [-0.3, -0.25) is 0 Å². The number of nitrogens with one attached hydrogen (secondary N) is 1. The molecule has 0 saturated heterocycles. The van der Waals surface area contributed by atoms with Crippen LogP contribution in [0.15, 0.2) is 42.5 Å². The summed E-state index contributed by atoms with van der Waals surface area (Å²) in [5.41, 5.74) is 1.65. The highest BCUT2D eigenvalue weighted by molar-refractivity contribution is 6.31. The lowest BCUT2D eigenvalue weighted by Gasteiger charge is -2.13. The van der Waals surface area contributed by atoms with Crippen molar-refractivity contribution in [1.82, 2.24) is 9.97 Å². The topological polar surface area (TPSA) is 37.8 Å². The van der Waals surface area contributed by atoms with Crippen LogP contribution < -0.4 is 5.32 Å². The van der Waals surface area contributed by atoms with Gasteiger partial charge in [-0.15, -0.1) is 0 Å². The van der Waals surface area contributed by atoms with E-state index in [2.05, 4.69) is 15.3 Å². The van der Waals surface area contributed by atoms with E-state index in [0.29, 0.717) is 16.1 Å². The molecule has 3 nitrogen and oxygen atoms in total. The molecule has 0 saturated carbocycles. The third-order valence-corrected chi connectivity index (χ3v) is 3.70. The average Bonchev–Trinajstić information content (AvgIpc) is 2.50. The third kappa shape index (κ3) is 3.22. The fraction of sp³-hybridized carbons (Fsp3) is 0.125. The first kappa shape index (κ1) is 15.6. The van der Waals surface area contributed by atoms with Gasteiger partial charge in [0.1, 0.15) is 5.82 Å². The van der Waals surface area contributed by atoms with Crippen molar-refractivity contribution in [2.24, 2.45) is 0 Å². The van der Waals surface area contributed by atoms with Crippen molar-refractivity contribution in [1.29, 1.82) is 0 Å². The molecule has 1 N–H and O–H groups in total. The van der Waals surface area contributed by atoms with Gasteiger partial charge in [0.25, 0.3) is 0 Å². The Morgan fingerprint density at radius 2 is 1.78 bits per heavy atom. The van der Waals surface area contributed by atoms with Crippen LogP contribution >= 0.6 is 11.6 Å². The number of para-hydroxylation sites is 1. The first-order chi connectivity index (χ1) is 10.8. The lowest BCUT2D eigenvalue weighted by Crippen LogP contribution is -2.12. The number of anilines is 2. The predicted octanol–water partition coefficient (Wildman–Crippen LogP) is 5.35. The summed E-state index contributed by atoms with van der Waals surface area (Å²) < 4.78 is 38.9. The number of benzene rings is 2. The molecule has 0 atom stereocenters. The molecule has 0 amide bonds. The summed E-state index contributed by atoms with van der Waals surface area (Å²) in [6.45, 7) is 1.84. The molecule has 7 heteroatoms. The van der Waals surface area contributed by atoms with Gasteiger partial charge in [0.05, 0.1) is 5.52 Å². The van der Waals surface area contributed by atoms with Crippen LogP contribution in [0.5, 0.6) is 0 Å². The molecule has 3 rings (SSSR count). The maximum absolute atomic E-state index is 13.0. The van der Waals surface area contributed by atoms with E-state index >= 15 is 0 Å². The van der Waals surface area contributed by atoms with Gasteiger partial charge in [0, 0.05) is 16.1 Å². The molecule has 3 aromatic rings. The number of aryl methyl sites for hydroxylation is 1. The summed E-state index contributed by atoms with van der Waals surface area (Å²) in [6, 6.07) is 11.7. The summed E-state index contributed by atoms with van der Waals surface area (Å²) in [5.74, 6) is -1.10. The Hall–Kier alpha value is -2.34. The molecule has 23 heavy (non-hydrogen) atoms. The minimum Gasteiger partial charge on any atom is -0.340 e. The maximum Gasteiger partial charge on any atom is 0.451 e. The van der Waals surface area contributed by atoms with E-state index in [9.17, 15) is 13.2 Å². The molecular formula is C16H11ClF3N3. The minimum absolute atomic E-state index is 0.0860. The van der Waals surface area contributed by atoms with Crippen molar-refractivity contribution < 1.29 is 13.2 Å². The molecule has 0 aliphatic rings. The first-order valence-corrected chi connectivity index (χ1v) is 7.09. The summed E-state index contributed by atoms with van der Waals surface area (Å²) >= 11 is 6.05. The number of hydrogen-bond acceptors (Lipinski definition) is 3. The van der Waals surface area contributed by atoms with Crippen LogP contribution in [0.1, 0.15) is 11.4 Å². The zero-order valence-corrected chi connectivity index (χ0v) is 12.7. The van der Waals surface area contributed by atoms with Crippen LogP contribution in [0.2, 0.25) is 5.02 Å². The van der Waals surface area contributed by atoms with Crippen molar-refractivity contribution in [3.63, 3.8) is 0 Å². The van der Waals surface area contributed by atoms with Gasteiger partial charge >= 0.3 is 6.18 Å². The van der Waals surface area contributed by atoms with Gasteiger partial charge < -0.3 is 5.32 Å². The average molecular weight is 338 g/mol. The van der Waals surface area contributed by atoms with Gasteiger partial charge in [-0.2, -0.15) is 13.2 Å². The Bertz CT molecular complexity index is 878. The highest BCUT2D eigenvalue weighted by atomic mass is 35.5. The van der Waals surface area contributed by atoms with Crippen molar-refractivity contribution in [3.8, 4) is 0 Å². The fourth-order valence-electron chi connectivity index (χ4n) is 2.11. The highest BCUT2D eigenvalue weighted by Crippen LogP contribution is 2.32. The molecule has 0 radical (unpaired) electrons. The van der Waals surface area contributed by atoms with Crippen LogP contribution in [-0.4, -0.2) is 9.97 Å². The molecule has 1 aromatic heterocycles. The summed E-state index contributed by atoms with van der Waals surface area (Å²) in [6.07, 6.45) is -4.62. The molecule has 0 spiro atoms. The SMILES string of the molecule is Cc1ccc(Nc2nc(C(F)(F)F)nc3ccccc23)cc1Cl. The molecule has 0 aliphatic carbocycles. The molecule has 0 bridgehead atoms. The summed E-state index contributed by atoms with van der Waals surface area (Å²) in [5, 5.41) is 3.91. The van der Waals surface area contributed by atoms with Crippen molar-refractivity contribution in [3.05, 3.63) is 58.9 Å². The number of aromatic nitrogens is 2. The molecule has 0 fully saturated rings. The Balaban J connectivity index is 2.13. The zero-order chi connectivity index (χ0) is 16.6. The van der Waals surface area contributed by atoms with Crippen molar-refractivity contribution in [2.75, 3.05) is 5.32 Å². The fourth-order valence-corrected chi connectivity index (χ4v) is 2.29. The summed E-state index contributed by atoms with van der Waals surface area (Å²) in [4.78, 5) is 7.21. The Labute approximate surface area is 135 Å². The number of nitrogens with zero attached hydrogens (tertiary/aromatic N) is 2. The number of halogens is 4. The van der Waals surface area contributed by atoms with Gasteiger partial charge in [-0.25, -0.2) is 9.97 Å². The van der Waals surface area contributed by atoms with E-state index in [0.717, 1.165) is 5.56 Å². The van der Waals surface area contributed by atoms with Crippen LogP contribution in [0, 0.1) is 6.92 Å². The van der Waals surface area contributed by atoms with E-state index in [4.69, 9.17) is 11.6 Å². The van der Waals surface area contributed by atoms with Crippen LogP contribution in [0.3, 0.4) is 0 Å². The van der Waals surface area contributed by atoms with Gasteiger partial charge in [-0.1, -0.05) is 29.8 Å². The van der Waals surface area contributed by atoms with E-state index in [1.807, 2.05) is 6.92 Å². The van der Waals surface area contributed by atoms with E-state index in [-0.39, 0.29) is 11.3 Å². The largest absolute Gasteiger partial charge is 0.451 e. The molecule has 1 heterocycles. The number of hydrogen-bond donors (Lipinski definition) is 1. The Kier molecular flexibility index (Phi) is 3.85. The van der Waals surface area contributed by atoms with Crippen molar-refractivity contribution >= 4 is 34.0 Å². The molecule has 0 aliphatic heterocycles. The number of alkyl halides is 3. The van der Waals surface area contributed by atoms with E-state index in [1.165, 1.54) is 6.07 Å². The second-order valence-corrected chi connectivity index (χ2v) is 5.41. The molecular weight excluding hydrogens is 327 g/mol. The van der Waals surface area contributed by atoms with E-state index < -0.39 is 12.0 Å². The highest BCUT2D eigenvalue weighted by Gasteiger charge is 2.35. The normalized spacial score (nSPS) is 11.7. The summed E-state index contributed by atoms with van der Waals surface area (Å²) in [7, 11) is 0. The lowest BCUT2D eigenvalue weighted by molar-refractivity contribution is -0.144. The number of fused-ring (bicyclic) bond motifs is 1. The van der Waals surface area contributed by atoms with Gasteiger partial charge in [0.2, 0.25) is 5.82 Å². The third-order valence-electron chi connectivity index (χ3n) is 3.29. The quantitative estimate of drug-likeness (QED) is 0.684. The zero-order valence-electron chi connectivity index (χ0n) is 11.9. The lowest BCUT2D eigenvalue weighted by atomic mass is 10.2. The van der Waals surface area contributed by atoms with Gasteiger partial charge in [0.15, 0.2) is 0 Å². The number of rotatable bonds is 2. The van der Waals surface area contributed by atoms with Crippen molar-refractivity contribution in [2.45, 2.75) is 13.1 Å². The molecule has 0 unspecified atom stereocenters. The van der Waals surface area contributed by atoms with Gasteiger partial charge in [-0.05, 0) is 36.8 Å². The van der Waals surface area contributed by atoms with E-state index in [1.54, 1.807) is 36.4 Å². The second-order valence-electron chi connectivity index (χ2n) is 5.00. The second kappa shape index (κ2) is 5.70. The van der Waals surface area contributed by atoms with Crippen LogP contribution in [0.4, 0.5) is 24.7 Å². The Morgan fingerprint density at radius 1 is 1.04 bits per heavy atom.